The van der Waals surface area contributed by atoms with Crippen LogP contribution in [0.4, 0.5) is 4.79 Å². The lowest BCUT2D eigenvalue weighted by Crippen LogP contribution is -2.67. The Kier molecular flexibility index (Phi) is 15.2. The monoisotopic (exact) mass is 942 g/mol. The Morgan fingerprint density at radius 2 is 1.82 bits per heavy atom. The molecule has 3 N–H and O–H groups in total. The number of aromatic nitrogens is 3. The number of hydrogen-bond acceptors (Lipinski definition) is 12. The summed E-state index contributed by atoms with van der Waals surface area (Å²) in [5.74, 6) is -2.24. The van der Waals surface area contributed by atoms with Crippen molar-refractivity contribution in [1.29, 1.82) is 0 Å². The zero-order valence-corrected chi connectivity index (χ0v) is 42.0. The van der Waals surface area contributed by atoms with Gasteiger partial charge in [0.15, 0.2) is 0 Å². The van der Waals surface area contributed by atoms with E-state index in [0.717, 1.165) is 57.5 Å². The van der Waals surface area contributed by atoms with Crippen molar-refractivity contribution >= 4 is 46.1 Å². The molecule has 0 saturated carbocycles. The fourth-order valence-corrected chi connectivity index (χ4v) is 10.9. The van der Waals surface area contributed by atoms with Crippen molar-refractivity contribution in [2.75, 3.05) is 47.4 Å². The molecule has 4 amide bonds. The van der Waals surface area contributed by atoms with Crippen LogP contribution in [-0.4, -0.2) is 141 Å². The van der Waals surface area contributed by atoms with Gasteiger partial charge in [-0.25, -0.2) is 14.6 Å². The fourth-order valence-electron chi connectivity index (χ4n) is 10.0. The van der Waals surface area contributed by atoms with E-state index >= 15 is 0 Å². The van der Waals surface area contributed by atoms with Gasteiger partial charge < -0.3 is 39.2 Å². The maximum Gasteiger partial charge on any atom is 0.355 e. The summed E-state index contributed by atoms with van der Waals surface area (Å²) in [6.45, 7) is 18.2. The van der Waals surface area contributed by atoms with Crippen LogP contribution in [-0.2, 0) is 43.2 Å². The molecule has 6 bridgehead atoms. The minimum atomic E-state index is -2.21. The van der Waals surface area contributed by atoms with E-state index in [1.165, 1.54) is 21.2 Å². The van der Waals surface area contributed by atoms with E-state index in [9.17, 15) is 24.3 Å². The quantitative estimate of drug-likeness (QED) is 0.150. The molecule has 3 aromatic heterocycles. The number of fused-ring (bicyclic) bond motifs is 6. The molecule has 4 atom stereocenters. The van der Waals surface area contributed by atoms with E-state index in [4.69, 9.17) is 19.4 Å². The van der Waals surface area contributed by atoms with Crippen LogP contribution >= 0.6 is 11.3 Å². The summed E-state index contributed by atoms with van der Waals surface area (Å²) in [5.41, 5.74) is 6.40. The number of likely N-dealkylation sites (N-methyl/N-ethyl adjacent to an activating group) is 1. The molecule has 0 spiro atoms. The number of nitrogens with one attached hydrogen (secondary N) is 2. The molecule has 4 aromatic rings. The van der Waals surface area contributed by atoms with E-state index in [2.05, 4.69) is 72.3 Å². The number of amides is 4. The van der Waals surface area contributed by atoms with Crippen molar-refractivity contribution in [1.82, 2.24) is 45.0 Å². The van der Waals surface area contributed by atoms with Crippen LogP contribution < -0.4 is 10.7 Å². The molecule has 364 valence electrons. The molecule has 67 heavy (non-hydrogen) atoms. The second kappa shape index (κ2) is 20.3. The Bertz CT molecular complexity index is 2440. The van der Waals surface area contributed by atoms with Crippen LogP contribution in [0.2, 0.25) is 0 Å². The summed E-state index contributed by atoms with van der Waals surface area (Å²) >= 11 is 1.38. The third kappa shape index (κ3) is 10.4. The summed E-state index contributed by atoms with van der Waals surface area (Å²) in [4.78, 5) is 72.8. The van der Waals surface area contributed by atoms with Crippen LogP contribution in [0.15, 0.2) is 41.9 Å². The van der Waals surface area contributed by atoms with Gasteiger partial charge >= 0.3 is 12.0 Å². The second-order valence-corrected chi connectivity index (χ2v) is 21.0. The largest absolute Gasteiger partial charge is 0.462 e. The molecule has 6 heterocycles. The number of likely N-dealkylation sites (tertiary alicyclic amines) is 1. The predicted octanol–water partition coefficient (Wildman–Crippen LogP) is 6.40. The summed E-state index contributed by atoms with van der Waals surface area (Å²) in [6, 6.07) is 8.78. The highest BCUT2D eigenvalue weighted by Gasteiger charge is 2.46. The second-order valence-electron chi connectivity index (χ2n) is 20.1. The maximum atomic E-state index is 14.7. The van der Waals surface area contributed by atoms with Crippen molar-refractivity contribution < 1.29 is 33.8 Å². The number of cyclic esters (lactones) is 1. The van der Waals surface area contributed by atoms with Crippen molar-refractivity contribution in [3.63, 3.8) is 0 Å². The zero-order valence-electron chi connectivity index (χ0n) is 41.2. The number of esters is 1. The Balaban J connectivity index is 1.26. The van der Waals surface area contributed by atoms with Crippen LogP contribution in [0.5, 0.6) is 0 Å². The number of carbonyl (C=O) groups excluding carboxylic acids is 4. The highest BCUT2D eigenvalue weighted by Crippen LogP contribution is 2.42. The van der Waals surface area contributed by atoms with Gasteiger partial charge in [0.05, 0.1) is 34.8 Å². The standard InChI is InChI=1S/C50H71N9O7S/c1-12-58-40-17-16-33-25-36(40)37(44(58)35-15-13-21-51-42(35)32(6)65-11)27-49(7,8)29-66-47(62)50(64)20-14-22-59(54-50)46(61)38(26-41-52-39(33)28-67-41)53-45(60)43(30(2)3)56(10)48(63)57-23-18-34(19-24-57)55(9)31(4)5/h13,15-17,21,25,28,30-32,34,38,43,54,64H,12,14,18-20,22-24,26-27,29H2,1-11H3,(H,53,60)/t32-,38-,43-,50-/m0/s1. The molecule has 17 heteroatoms. The van der Waals surface area contributed by atoms with Crippen molar-refractivity contribution in [3.8, 4) is 22.5 Å². The number of pyridine rings is 1. The minimum Gasteiger partial charge on any atom is -0.462 e. The van der Waals surface area contributed by atoms with Crippen LogP contribution in [0.25, 0.3) is 33.4 Å². The zero-order chi connectivity index (χ0) is 48.5. The van der Waals surface area contributed by atoms with Gasteiger partial charge in [-0.1, -0.05) is 33.8 Å². The average Bonchev–Trinajstić information content (AvgIpc) is 3.90. The van der Waals surface area contributed by atoms with Gasteiger partial charge in [0.25, 0.3) is 5.91 Å². The maximum absolute atomic E-state index is 14.7. The first-order valence-corrected chi connectivity index (χ1v) is 24.8. The molecule has 16 nitrogen and oxygen atoms in total. The average molecular weight is 942 g/mol. The molecule has 0 unspecified atom stereocenters. The van der Waals surface area contributed by atoms with Crippen LogP contribution in [0, 0.1) is 11.3 Å². The SMILES string of the molecule is CCn1c(-c2cccnc2[C@H](C)OC)c2c3cc(ccc31)-c1csc(n1)C[C@H](NC(=O)[C@H](C(C)C)N(C)C(=O)N1CCC(N(C)C(C)C)CC1)C(=O)N1CCC[C@@](O)(N1)C(=O)OCC(C)(C)C2. The lowest BCUT2D eigenvalue weighted by molar-refractivity contribution is -0.189. The van der Waals surface area contributed by atoms with E-state index in [1.54, 1.807) is 25.3 Å². The molecule has 1 aromatic carbocycles. The normalized spacial score (nSPS) is 21.7. The number of hydrazine groups is 1. The number of benzene rings is 1. The minimum absolute atomic E-state index is 0.00855. The van der Waals surface area contributed by atoms with Gasteiger partial charge in [-0.3, -0.25) is 19.6 Å². The van der Waals surface area contributed by atoms with Gasteiger partial charge in [-0.2, -0.15) is 5.43 Å². The summed E-state index contributed by atoms with van der Waals surface area (Å²) in [6.07, 6.45) is 3.99. The number of thiazole rings is 1. The van der Waals surface area contributed by atoms with Gasteiger partial charge in [-0.15, -0.1) is 11.3 Å². The first-order chi connectivity index (χ1) is 31.8. The third-order valence-corrected chi connectivity index (χ3v) is 14.9. The molecular weight excluding hydrogens is 871 g/mol. The number of aryl methyl sites for hydroxylation is 1. The molecule has 0 aliphatic carbocycles. The molecule has 3 aliphatic heterocycles. The topological polar surface area (TPSA) is 175 Å². The summed E-state index contributed by atoms with van der Waals surface area (Å²) in [5, 5.41) is 19.7. The Hall–Kier alpha value is -4.94. The number of urea groups is 1. The molecular formula is C50H71N9O7S. The number of rotatable bonds is 10. The third-order valence-electron chi connectivity index (χ3n) is 14.0. The van der Waals surface area contributed by atoms with Gasteiger partial charge in [0, 0.05) is 104 Å². The van der Waals surface area contributed by atoms with E-state index < -0.39 is 41.0 Å². The highest BCUT2D eigenvalue weighted by atomic mass is 32.1. The van der Waals surface area contributed by atoms with E-state index in [0.29, 0.717) is 49.6 Å². The van der Waals surface area contributed by atoms with Gasteiger partial charge in [0.2, 0.25) is 11.6 Å². The molecule has 7 rings (SSSR count). The summed E-state index contributed by atoms with van der Waals surface area (Å²) < 4.78 is 14.1. The van der Waals surface area contributed by atoms with Crippen molar-refractivity contribution in [3.05, 3.63) is 58.2 Å². The smallest absolute Gasteiger partial charge is 0.355 e. The molecule has 3 aliphatic rings. The number of hydrogen-bond donors (Lipinski definition) is 3. The Morgan fingerprint density at radius 1 is 1.09 bits per heavy atom. The molecule has 2 saturated heterocycles. The number of ether oxygens (including phenoxy) is 2. The fraction of sp³-hybridized carbons (Fsp3) is 0.600. The Morgan fingerprint density at radius 3 is 2.49 bits per heavy atom. The van der Waals surface area contributed by atoms with Gasteiger partial charge in [0.1, 0.15) is 12.1 Å². The number of piperidine rings is 1. The number of aliphatic hydroxyl groups is 1. The lowest BCUT2D eigenvalue weighted by Gasteiger charge is -2.41. The summed E-state index contributed by atoms with van der Waals surface area (Å²) in [7, 11) is 5.44. The lowest BCUT2D eigenvalue weighted by atomic mass is 9.84. The number of methoxy groups -OCH3 is 1. The van der Waals surface area contributed by atoms with Crippen LogP contribution in [0.1, 0.15) is 103 Å². The predicted molar refractivity (Wildman–Crippen MR) is 260 cm³/mol. The van der Waals surface area contributed by atoms with E-state index in [1.807, 2.05) is 46.1 Å². The first-order valence-electron chi connectivity index (χ1n) is 23.9. The first kappa shape index (κ1) is 50.0. The highest BCUT2D eigenvalue weighted by molar-refractivity contribution is 7.10. The number of carbonyl (C=O) groups is 4. The van der Waals surface area contributed by atoms with Crippen molar-refractivity contribution in [2.24, 2.45) is 11.3 Å². The molecule has 0 radical (unpaired) electrons. The van der Waals surface area contributed by atoms with Crippen LogP contribution in [0.3, 0.4) is 0 Å². The van der Waals surface area contributed by atoms with Gasteiger partial charge in [-0.05, 0) is 96.2 Å². The van der Waals surface area contributed by atoms with Crippen molar-refractivity contribution in [2.45, 2.75) is 136 Å². The van der Waals surface area contributed by atoms with E-state index in [-0.39, 0.29) is 44.0 Å². The number of nitrogens with zero attached hydrogens (tertiary/aromatic N) is 7. The molecule has 2 fully saturated rings. The Labute approximate surface area is 399 Å².